The van der Waals surface area contributed by atoms with E-state index in [-0.39, 0.29) is 22.1 Å². The van der Waals surface area contributed by atoms with Crippen molar-refractivity contribution in [2.75, 3.05) is 14.2 Å². The third-order valence-electron chi connectivity index (χ3n) is 7.06. The van der Waals surface area contributed by atoms with Gasteiger partial charge in [0.15, 0.2) is 5.78 Å². The van der Waals surface area contributed by atoms with Gasteiger partial charge >= 0.3 is 0 Å². The lowest BCUT2D eigenvalue weighted by atomic mass is 9.85. The molecule has 4 rings (SSSR count). The summed E-state index contributed by atoms with van der Waals surface area (Å²) in [6.45, 7) is 16.8. The number of rotatable bonds is 4. The molecular formula is C38H45Cl5O4. The molecule has 0 aliphatic carbocycles. The predicted octanol–water partition coefficient (Wildman–Crippen LogP) is 11.8. The van der Waals surface area contributed by atoms with Crippen molar-refractivity contribution in [1.29, 1.82) is 0 Å². The molecule has 47 heavy (non-hydrogen) atoms. The number of benzene rings is 4. The summed E-state index contributed by atoms with van der Waals surface area (Å²) >= 11 is 29.1. The summed E-state index contributed by atoms with van der Waals surface area (Å²) in [5.41, 5.74) is 6.19. The second-order valence-corrected chi connectivity index (χ2v) is 16.0. The van der Waals surface area contributed by atoms with Crippen LogP contribution in [0.1, 0.15) is 85.3 Å². The maximum absolute atomic E-state index is 12.9. The van der Waals surface area contributed by atoms with Crippen LogP contribution in [0.3, 0.4) is 0 Å². The Morgan fingerprint density at radius 2 is 1.09 bits per heavy atom. The third kappa shape index (κ3) is 12.8. The first-order valence-electron chi connectivity index (χ1n) is 14.7. The van der Waals surface area contributed by atoms with Gasteiger partial charge in [0.25, 0.3) is 0 Å². The fourth-order valence-electron chi connectivity index (χ4n) is 4.26. The smallest absolute Gasteiger partial charge is 0.217 e. The minimum atomic E-state index is -1.44. The van der Waals surface area contributed by atoms with Crippen LogP contribution < -0.4 is 9.47 Å². The lowest BCUT2D eigenvalue weighted by Crippen LogP contribution is -2.13. The average molecular weight is 743 g/mol. The molecule has 0 bridgehead atoms. The molecule has 4 aromatic carbocycles. The van der Waals surface area contributed by atoms with Crippen LogP contribution in [-0.4, -0.2) is 25.5 Å². The van der Waals surface area contributed by atoms with E-state index >= 15 is 0 Å². The second kappa shape index (κ2) is 17.8. The number of hydrogen-bond acceptors (Lipinski definition) is 3. The Morgan fingerprint density at radius 3 is 1.53 bits per heavy atom. The molecule has 9 heteroatoms. The molecule has 0 heterocycles. The van der Waals surface area contributed by atoms with Crippen LogP contribution in [-0.2, 0) is 14.6 Å². The van der Waals surface area contributed by atoms with Crippen LogP contribution in [0.5, 0.6) is 11.5 Å². The van der Waals surface area contributed by atoms with E-state index < -0.39 is 3.79 Å². The van der Waals surface area contributed by atoms with E-state index in [1.807, 2.05) is 62.4 Å². The van der Waals surface area contributed by atoms with Crippen LogP contribution in [0.2, 0.25) is 10.0 Å². The van der Waals surface area contributed by atoms with Crippen molar-refractivity contribution in [2.24, 2.45) is 0 Å². The maximum Gasteiger partial charge on any atom is 0.217 e. The van der Waals surface area contributed by atoms with Gasteiger partial charge in [-0.3, -0.25) is 4.79 Å². The van der Waals surface area contributed by atoms with Gasteiger partial charge in [-0.2, -0.15) is 0 Å². The Bertz CT molecular complexity index is 1610. The van der Waals surface area contributed by atoms with Crippen molar-refractivity contribution < 1.29 is 19.7 Å². The molecule has 4 nitrogen and oxygen atoms in total. The van der Waals surface area contributed by atoms with Crippen molar-refractivity contribution in [3.63, 3.8) is 0 Å². The van der Waals surface area contributed by atoms with Crippen molar-refractivity contribution >= 4 is 63.8 Å². The van der Waals surface area contributed by atoms with Gasteiger partial charge < -0.3 is 14.9 Å². The van der Waals surface area contributed by atoms with Gasteiger partial charge in [0.2, 0.25) is 3.79 Å². The van der Waals surface area contributed by atoms with Gasteiger partial charge in [0, 0.05) is 16.1 Å². The van der Waals surface area contributed by atoms with E-state index in [0.29, 0.717) is 32.5 Å². The number of alkyl halides is 3. The van der Waals surface area contributed by atoms with Crippen LogP contribution in [0.25, 0.3) is 0 Å². The highest BCUT2D eigenvalue weighted by Crippen LogP contribution is 2.42. The largest absolute Gasteiger partial charge is 0.497 e. The zero-order valence-electron chi connectivity index (χ0n) is 28.6. The Balaban J connectivity index is 0.000000377. The summed E-state index contributed by atoms with van der Waals surface area (Å²) in [5.74, 6) is 1.37. The molecule has 0 atom stereocenters. The van der Waals surface area contributed by atoms with E-state index in [9.17, 15) is 4.79 Å². The SMILES string of the molecule is COc1ccc(C(C)(C)C)cc1.COc1ccc(C(C)(C)C)cc1C(=O)c1cc(C)ccc1Cl.Cc1ccc(Cl)c(C(Cl)(Cl)Cl)c1.O. The van der Waals surface area contributed by atoms with E-state index in [1.54, 1.807) is 32.4 Å². The lowest BCUT2D eigenvalue weighted by molar-refractivity contribution is 0.103. The van der Waals surface area contributed by atoms with E-state index in [0.717, 1.165) is 22.4 Å². The molecule has 0 spiro atoms. The van der Waals surface area contributed by atoms with Crippen molar-refractivity contribution in [3.8, 4) is 11.5 Å². The normalized spacial score (nSPS) is 11.2. The number of ether oxygens (including phenoxy) is 2. The molecule has 0 saturated heterocycles. The van der Waals surface area contributed by atoms with Gasteiger partial charge in [-0.25, -0.2) is 0 Å². The highest BCUT2D eigenvalue weighted by atomic mass is 35.6. The van der Waals surface area contributed by atoms with Gasteiger partial charge in [0.05, 0.1) is 24.8 Å². The predicted molar refractivity (Wildman–Crippen MR) is 202 cm³/mol. The summed E-state index contributed by atoms with van der Waals surface area (Å²) in [6, 6.07) is 24.8. The zero-order chi connectivity index (χ0) is 35.0. The molecular weight excluding hydrogens is 698 g/mol. The van der Waals surface area contributed by atoms with Crippen LogP contribution in [0, 0.1) is 13.8 Å². The number of halogens is 5. The summed E-state index contributed by atoms with van der Waals surface area (Å²) in [6.07, 6.45) is 0. The lowest BCUT2D eigenvalue weighted by Gasteiger charge is -2.21. The Labute approximate surface area is 305 Å². The quantitative estimate of drug-likeness (QED) is 0.154. The van der Waals surface area contributed by atoms with Gasteiger partial charge in [-0.15, -0.1) is 0 Å². The van der Waals surface area contributed by atoms with Gasteiger partial charge in [-0.1, -0.05) is 147 Å². The highest BCUT2D eigenvalue weighted by Gasteiger charge is 2.25. The van der Waals surface area contributed by atoms with E-state index in [1.165, 1.54) is 5.56 Å². The van der Waals surface area contributed by atoms with Crippen molar-refractivity contribution in [1.82, 2.24) is 0 Å². The fourth-order valence-corrected chi connectivity index (χ4v) is 5.33. The minimum Gasteiger partial charge on any atom is -0.497 e. The highest BCUT2D eigenvalue weighted by molar-refractivity contribution is 6.67. The first-order chi connectivity index (χ1) is 21.2. The third-order valence-corrected chi connectivity index (χ3v) is 8.33. The molecule has 0 aromatic heterocycles. The Hall–Kier alpha value is -2.44. The van der Waals surface area contributed by atoms with Gasteiger partial charge in [-0.05, 0) is 78.3 Å². The van der Waals surface area contributed by atoms with Crippen LogP contribution >= 0.6 is 58.0 Å². The fraction of sp³-hybridized carbons (Fsp3) is 0.342. The zero-order valence-corrected chi connectivity index (χ0v) is 32.4. The molecule has 256 valence electrons. The van der Waals surface area contributed by atoms with E-state index in [2.05, 4.69) is 53.7 Å². The molecule has 0 aliphatic heterocycles. The Morgan fingerprint density at radius 1 is 0.596 bits per heavy atom. The Kier molecular flexibility index (Phi) is 16.1. The molecule has 0 amide bonds. The van der Waals surface area contributed by atoms with Crippen molar-refractivity contribution in [3.05, 3.63) is 128 Å². The molecule has 0 radical (unpaired) electrons. The molecule has 0 unspecified atom stereocenters. The number of carbonyl (C=O) groups is 1. The number of hydrogen-bond donors (Lipinski definition) is 0. The number of methoxy groups -OCH3 is 2. The summed E-state index contributed by atoms with van der Waals surface area (Å²) < 4.78 is 9.00. The number of ketones is 1. The minimum absolute atomic E-state index is 0. The van der Waals surface area contributed by atoms with Crippen LogP contribution in [0.15, 0.2) is 78.9 Å². The summed E-state index contributed by atoms with van der Waals surface area (Å²) in [4.78, 5) is 12.9. The van der Waals surface area contributed by atoms with Crippen molar-refractivity contribution in [2.45, 2.75) is 70.0 Å². The van der Waals surface area contributed by atoms with Crippen LogP contribution in [0.4, 0.5) is 0 Å². The monoisotopic (exact) mass is 740 g/mol. The number of aryl methyl sites for hydroxylation is 2. The standard InChI is InChI=1S/C19H21ClO2.C11H16O.C8H6Cl4.H2O/c1-12-6-8-16(20)14(10-12)18(21)15-11-13(19(2,3)4)7-9-17(15)22-5;1-11(2,3)9-5-7-10(12-4)8-6-9;1-5-2-3-7(9)6(4-5)8(10,11)12;/h6-11H,1-5H3;5-8H,1-4H3;2-4H,1H3;1H2. The topological polar surface area (TPSA) is 67.0 Å². The maximum atomic E-state index is 12.9. The first-order valence-corrected chi connectivity index (χ1v) is 16.5. The molecule has 0 saturated carbocycles. The summed E-state index contributed by atoms with van der Waals surface area (Å²) in [5, 5.41) is 0.930. The first kappa shape index (κ1) is 42.6. The summed E-state index contributed by atoms with van der Waals surface area (Å²) in [7, 11) is 3.26. The van der Waals surface area contributed by atoms with Gasteiger partial charge in [0.1, 0.15) is 11.5 Å². The molecule has 2 N–H and O–H groups in total. The average Bonchev–Trinajstić information content (AvgIpc) is 2.98. The van der Waals surface area contributed by atoms with E-state index in [4.69, 9.17) is 67.5 Å². The number of carbonyl (C=O) groups excluding carboxylic acids is 1. The molecule has 0 fully saturated rings. The molecule has 4 aromatic rings. The molecule has 0 aliphatic rings. The second-order valence-electron chi connectivity index (χ2n) is 12.9.